The molecule has 0 bridgehead atoms. The number of aromatic nitrogens is 1. The molecule has 0 fully saturated rings. The van der Waals surface area contributed by atoms with Crippen LogP contribution in [-0.2, 0) is 0 Å². The van der Waals surface area contributed by atoms with Crippen molar-refractivity contribution in [3.63, 3.8) is 0 Å². The highest BCUT2D eigenvalue weighted by Crippen LogP contribution is 2.16. The van der Waals surface area contributed by atoms with Gasteiger partial charge in [0.25, 0.3) is 5.91 Å². The van der Waals surface area contributed by atoms with E-state index < -0.39 is 0 Å². The number of nitrogens with zero attached hydrogens (tertiary/aromatic N) is 1. The van der Waals surface area contributed by atoms with Crippen LogP contribution in [0.25, 0.3) is 0 Å². The van der Waals surface area contributed by atoms with Gasteiger partial charge in [0, 0.05) is 11.9 Å². The zero-order chi connectivity index (χ0) is 13.0. The Kier molecular flexibility index (Phi) is 3.57. The maximum absolute atomic E-state index is 12.0. The summed E-state index contributed by atoms with van der Waals surface area (Å²) in [6, 6.07) is 11.0. The van der Waals surface area contributed by atoms with Gasteiger partial charge in [0.15, 0.2) is 0 Å². The molecule has 1 N–H and O–H groups in total. The number of hydrogen-bond donors (Lipinski definition) is 1. The number of hydrogen-bond acceptors (Lipinski definition) is 3. The molecule has 0 saturated heterocycles. The van der Waals surface area contributed by atoms with E-state index in [0.29, 0.717) is 11.4 Å². The first-order chi connectivity index (χ1) is 8.70. The Labute approximate surface area is 106 Å². The van der Waals surface area contributed by atoms with Gasteiger partial charge in [-0.25, -0.2) is 4.98 Å². The Hall–Kier alpha value is -2.36. The second-order valence-electron chi connectivity index (χ2n) is 3.88. The minimum Gasteiger partial charge on any atom is -0.480 e. The molecular weight excluding hydrogens is 228 g/mol. The fourth-order valence-electron chi connectivity index (χ4n) is 1.56. The summed E-state index contributed by atoms with van der Waals surface area (Å²) in [7, 11) is 1.49. The normalized spacial score (nSPS) is 9.89. The van der Waals surface area contributed by atoms with Crippen molar-refractivity contribution in [1.82, 2.24) is 4.98 Å². The highest BCUT2D eigenvalue weighted by atomic mass is 16.5. The number of amides is 1. The second-order valence-corrected chi connectivity index (χ2v) is 3.88. The smallest absolute Gasteiger partial charge is 0.261 e. The first-order valence-electron chi connectivity index (χ1n) is 5.58. The Bertz CT molecular complexity index is 550. The SMILES string of the molecule is COc1ncccc1C(=O)Nc1ccc(C)cc1. The van der Waals surface area contributed by atoms with E-state index in [-0.39, 0.29) is 5.91 Å². The molecule has 0 saturated carbocycles. The Morgan fingerprint density at radius 1 is 1.22 bits per heavy atom. The third-order valence-corrected chi connectivity index (χ3v) is 2.52. The van der Waals surface area contributed by atoms with Crippen molar-refractivity contribution in [2.75, 3.05) is 12.4 Å². The predicted molar refractivity (Wildman–Crippen MR) is 69.9 cm³/mol. The summed E-state index contributed by atoms with van der Waals surface area (Å²) in [5.74, 6) is 0.0888. The lowest BCUT2D eigenvalue weighted by atomic mass is 10.2. The summed E-state index contributed by atoms with van der Waals surface area (Å²) in [6.07, 6.45) is 1.58. The second kappa shape index (κ2) is 5.31. The molecule has 1 aromatic heterocycles. The van der Waals surface area contributed by atoms with Crippen molar-refractivity contribution in [1.29, 1.82) is 0 Å². The number of carbonyl (C=O) groups is 1. The molecule has 0 spiro atoms. The molecule has 18 heavy (non-hydrogen) atoms. The van der Waals surface area contributed by atoms with E-state index in [9.17, 15) is 4.79 Å². The van der Waals surface area contributed by atoms with Crippen LogP contribution in [0.5, 0.6) is 5.88 Å². The Morgan fingerprint density at radius 3 is 2.61 bits per heavy atom. The summed E-state index contributed by atoms with van der Waals surface area (Å²) < 4.78 is 5.05. The van der Waals surface area contributed by atoms with Gasteiger partial charge in [-0.05, 0) is 31.2 Å². The van der Waals surface area contributed by atoms with E-state index in [1.165, 1.54) is 7.11 Å². The van der Waals surface area contributed by atoms with Crippen LogP contribution in [-0.4, -0.2) is 18.0 Å². The van der Waals surface area contributed by atoms with Crippen LogP contribution in [0.3, 0.4) is 0 Å². The minimum atomic E-state index is -0.233. The third kappa shape index (κ3) is 2.66. The lowest BCUT2D eigenvalue weighted by molar-refractivity contribution is 0.102. The molecule has 0 aliphatic rings. The average Bonchev–Trinajstić information content (AvgIpc) is 2.41. The number of benzene rings is 1. The number of rotatable bonds is 3. The molecule has 0 aliphatic carbocycles. The van der Waals surface area contributed by atoms with Crippen molar-refractivity contribution in [2.24, 2.45) is 0 Å². The van der Waals surface area contributed by atoms with Crippen LogP contribution >= 0.6 is 0 Å². The summed E-state index contributed by atoms with van der Waals surface area (Å²) in [5, 5.41) is 2.80. The van der Waals surface area contributed by atoms with Crippen LogP contribution in [0.15, 0.2) is 42.6 Å². The van der Waals surface area contributed by atoms with Crippen LogP contribution in [0.2, 0.25) is 0 Å². The van der Waals surface area contributed by atoms with Gasteiger partial charge in [0.2, 0.25) is 5.88 Å². The first kappa shape index (κ1) is 12.1. The van der Waals surface area contributed by atoms with Gasteiger partial charge in [-0.2, -0.15) is 0 Å². The molecular formula is C14H14N2O2. The highest BCUT2D eigenvalue weighted by Gasteiger charge is 2.12. The molecule has 0 radical (unpaired) electrons. The van der Waals surface area contributed by atoms with Gasteiger partial charge in [-0.15, -0.1) is 0 Å². The fourth-order valence-corrected chi connectivity index (χ4v) is 1.56. The number of anilines is 1. The number of nitrogens with one attached hydrogen (secondary N) is 1. The van der Waals surface area contributed by atoms with Gasteiger partial charge in [0.1, 0.15) is 5.56 Å². The molecule has 0 atom stereocenters. The predicted octanol–water partition coefficient (Wildman–Crippen LogP) is 2.65. The summed E-state index contributed by atoms with van der Waals surface area (Å²) in [5.41, 5.74) is 2.31. The molecule has 1 aromatic carbocycles. The van der Waals surface area contributed by atoms with Crippen molar-refractivity contribution in [3.05, 3.63) is 53.7 Å². The van der Waals surface area contributed by atoms with Gasteiger partial charge in [-0.3, -0.25) is 4.79 Å². The summed E-state index contributed by atoms with van der Waals surface area (Å²) >= 11 is 0. The van der Waals surface area contributed by atoms with Crippen LogP contribution in [0.1, 0.15) is 15.9 Å². The molecule has 4 heteroatoms. The monoisotopic (exact) mass is 242 g/mol. The molecule has 2 rings (SSSR count). The minimum absolute atomic E-state index is 0.233. The summed E-state index contributed by atoms with van der Waals surface area (Å²) in [4.78, 5) is 16.0. The number of ether oxygens (including phenoxy) is 1. The standard InChI is InChI=1S/C14H14N2O2/c1-10-5-7-11(8-6-10)16-13(17)12-4-3-9-15-14(12)18-2/h3-9H,1-2H3,(H,16,17). The van der Waals surface area contributed by atoms with Crippen LogP contribution in [0.4, 0.5) is 5.69 Å². The molecule has 0 unspecified atom stereocenters. The van der Waals surface area contributed by atoms with Crippen molar-refractivity contribution < 1.29 is 9.53 Å². The lowest BCUT2D eigenvalue weighted by Gasteiger charge is -2.08. The van der Waals surface area contributed by atoms with Crippen LogP contribution in [0, 0.1) is 6.92 Å². The molecule has 0 aliphatic heterocycles. The molecule has 92 valence electrons. The summed E-state index contributed by atoms with van der Waals surface area (Å²) in [6.45, 7) is 2.00. The topological polar surface area (TPSA) is 51.2 Å². The Balaban J connectivity index is 2.19. The van der Waals surface area contributed by atoms with E-state index in [2.05, 4.69) is 10.3 Å². The van der Waals surface area contributed by atoms with Gasteiger partial charge < -0.3 is 10.1 Å². The molecule has 1 amide bonds. The maximum atomic E-state index is 12.0. The van der Waals surface area contributed by atoms with Gasteiger partial charge in [-0.1, -0.05) is 17.7 Å². The quantitative estimate of drug-likeness (QED) is 0.900. The van der Waals surface area contributed by atoms with Crippen molar-refractivity contribution >= 4 is 11.6 Å². The van der Waals surface area contributed by atoms with E-state index in [4.69, 9.17) is 4.74 Å². The van der Waals surface area contributed by atoms with E-state index in [1.807, 2.05) is 31.2 Å². The largest absolute Gasteiger partial charge is 0.480 e. The average molecular weight is 242 g/mol. The van der Waals surface area contributed by atoms with Crippen LogP contribution < -0.4 is 10.1 Å². The first-order valence-corrected chi connectivity index (χ1v) is 5.58. The molecule has 1 heterocycles. The zero-order valence-electron chi connectivity index (χ0n) is 10.3. The van der Waals surface area contributed by atoms with E-state index in [1.54, 1.807) is 18.3 Å². The van der Waals surface area contributed by atoms with Gasteiger partial charge >= 0.3 is 0 Å². The molecule has 4 nitrogen and oxygen atoms in total. The van der Waals surface area contributed by atoms with Gasteiger partial charge in [0.05, 0.1) is 7.11 Å². The molecule has 2 aromatic rings. The van der Waals surface area contributed by atoms with E-state index >= 15 is 0 Å². The Morgan fingerprint density at radius 2 is 1.94 bits per heavy atom. The maximum Gasteiger partial charge on any atom is 0.261 e. The number of methoxy groups -OCH3 is 1. The van der Waals surface area contributed by atoms with Crippen molar-refractivity contribution in [3.8, 4) is 5.88 Å². The third-order valence-electron chi connectivity index (χ3n) is 2.52. The number of carbonyl (C=O) groups excluding carboxylic acids is 1. The number of pyridine rings is 1. The number of aryl methyl sites for hydroxylation is 1. The zero-order valence-corrected chi connectivity index (χ0v) is 10.3. The van der Waals surface area contributed by atoms with Crippen molar-refractivity contribution in [2.45, 2.75) is 6.92 Å². The highest BCUT2D eigenvalue weighted by molar-refractivity contribution is 6.05. The fraction of sp³-hybridized carbons (Fsp3) is 0.143. The lowest BCUT2D eigenvalue weighted by Crippen LogP contribution is -2.13. The van der Waals surface area contributed by atoms with E-state index in [0.717, 1.165) is 11.3 Å².